The van der Waals surface area contributed by atoms with Crippen LogP contribution in [-0.2, 0) is 0 Å². The van der Waals surface area contributed by atoms with Gasteiger partial charge in [0.05, 0.1) is 9.35 Å². The molecule has 0 fully saturated rings. The van der Waals surface area contributed by atoms with Gasteiger partial charge in [0.2, 0.25) is 0 Å². The van der Waals surface area contributed by atoms with Crippen LogP contribution in [0.15, 0.2) is 39.5 Å². The number of halogens is 1. The number of thiophene rings is 1. The number of carbonyl (C=O) groups excluding carboxylic acids is 1. The smallest absolute Gasteiger partial charge is 0.257 e. The minimum absolute atomic E-state index is 0.0525. The van der Waals surface area contributed by atoms with Gasteiger partial charge in [-0.3, -0.25) is 4.79 Å². The van der Waals surface area contributed by atoms with Gasteiger partial charge in [0.1, 0.15) is 6.17 Å². The van der Waals surface area contributed by atoms with E-state index in [2.05, 4.69) is 26.6 Å². The van der Waals surface area contributed by atoms with Gasteiger partial charge >= 0.3 is 0 Å². The zero-order valence-electron chi connectivity index (χ0n) is 9.68. The number of hydrogen-bond donors (Lipinski definition) is 1. The molecule has 5 heteroatoms. The van der Waals surface area contributed by atoms with Crippen molar-refractivity contribution in [1.82, 2.24) is 4.90 Å². The van der Waals surface area contributed by atoms with Crippen LogP contribution in [0.4, 0.5) is 5.69 Å². The second kappa shape index (κ2) is 4.40. The van der Waals surface area contributed by atoms with Crippen LogP contribution in [-0.4, -0.2) is 17.9 Å². The third-order valence-electron chi connectivity index (χ3n) is 3.06. The van der Waals surface area contributed by atoms with Crippen LogP contribution in [0.2, 0.25) is 0 Å². The van der Waals surface area contributed by atoms with Crippen LogP contribution in [0.25, 0.3) is 0 Å². The van der Waals surface area contributed by atoms with Crippen molar-refractivity contribution in [2.75, 3.05) is 12.4 Å². The third kappa shape index (κ3) is 1.83. The molecular formula is C13H11BrN2OS. The van der Waals surface area contributed by atoms with Crippen molar-refractivity contribution in [2.45, 2.75) is 6.17 Å². The molecule has 2 aromatic rings. The predicted octanol–water partition coefficient (Wildman–Crippen LogP) is 3.71. The first-order chi connectivity index (χ1) is 8.66. The number of rotatable bonds is 1. The number of amides is 1. The molecule has 1 unspecified atom stereocenters. The summed E-state index contributed by atoms with van der Waals surface area (Å²) in [6, 6.07) is 9.65. The second-order valence-electron chi connectivity index (χ2n) is 4.19. The summed E-state index contributed by atoms with van der Waals surface area (Å²) in [5.41, 5.74) is 2.72. The molecule has 0 saturated carbocycles. The maximum atomic E-state index is 12.3. The number of hydrogen-bond acceptors (Lipinski definition) is 3. The Morgan fingerprint density at radius 1 is 1.39 bits per heavy atom. The number of fused-ring (bicyclic) bond motifs is 1. The van der Waals surface area contributed by atoms with E-state index in [1.807, 2.05) is 37.4 Å². The molecule has 1 amide bonds. The standard InChI is InChI=1S/C13H11BrN2OS/c1-16-12(8-6-11(14)18-7-8)15-10-5-3-2-4-9(10)13(16)17/h2-7,12,15H,1H3. The number of para-hydroxylation sites is 1. The first kappa shape index (κ1) is 11.7. The van der Waals surface area contributed by atoms with E-state index < -0.39 is 0 Å². The van der Waals surface area contributed by atoms with Gasteiger partial charge in [-0.2, -0.15) is 0 Å². The van der Waals surface area contributed by atoms with Crippen LogP contribution >= 0.6 is 27.3 Å². The Balaban J connectivity index is 2.03. The van der Waals surface area contributed by atoms with Crippen LogP contribution in [0, 0.1) is 0 Å². The second-order valence-corrected chi connectivity index (χ2v) is 6.48. The van der Waals surface area contributed by atoms with Gasteiger partial charge in [0.25, 0.3) is 5.91 Å². The van der Waals surface area contributed by atoms with Crippen LogP contribution in [0.3, 0.4) is 0 Å². The van der Waals surface area contributed by atoms with E-state index in [1.165, 1.54) is 0 Å². The highest BCUT2D eigenvalue weighted by Crippen LogP contribution is 2.34. The fourth-order valence-electron chi connectivity index (χ4n) is 2.12. The van der Waals surface area contributed by atoms with E-state index in [0.29, 0.717) is 0 Å². The van der Waals surface area contributed by atoms with Gasteiger partial charge in [-0.1, -0.05) is 12.1 Å². The van der Waals surface area contributed by atoms with Crippen molar-refractivity contribution < 1.29 is 4.79 Å². The lowest BCUT2D eigenvalue weighted by atomic mass is 10.1. The minimum Gasteiger partial charge on any atom is -0.361 e. The van der Waals surface area contributed by atoms with Crippen LogP contribution < -0.4 is 5.32 Å². The molecule has 3 nitrogen and oxygen atoms in total. The lowest BCUT2D eigenvalue weighted by molar-refractivity contribution is 0.0736. The molecule has 1 aliphatic rings. The van der Waals surface area contributed by atoms with E-state index >= 15 is 0 Å². The van der Waals surface area contributed by atoms with Crippen molar-refractivity contribution >= 4 is 38.9 Å². The van der Waals surface area contributed by atoms with Gasteiger partial charge in [-0.25, -0.2) is 0 Å². The summed E-state index contributed by atoms with van der Waals surface area (Å²) in [6.45, 7) is 0. The average molecular weight is 323 g/mol. The zero-order chi connectivity index (χ0) is 12.7. The first-order valence-electron chi connectivity index (χ1n) is 5.53. The quantitative estimate of drug-likeness (QED) is 0.868. The molecule has 0 aliphatic carbocycles. The Morgan fingerprint density at radius 3 is 2.89 bits per heavy atom. The van der Waals surface area contributed by atoms with Gasteiger partial charge in [-0.15, -0.1) is 11.3 Å². The van der Waals surface area contributed by atoms with Crippen molar-refractivity contribution in [2.24, 2.45) is 0 Å². The Bertz CT molecular complexity index is 611. The monoisotopic (exact) mass is 322 g/mol. The summed E-state index contributed by atoms with van der Waals surface area (Å²) in [6.07, 6.45) is -0.102. The van der Waals surface area contributed by atoms with Gasteiger partial charge in [-0.05, 0) is 39.5 Å². The summed E-state index contributed by atoms with van der Waals surface area (Å²) < 4.78 is 1.07. The molecule has 0 radical (unpaired) electrons. The maximum absolute atomic E-state index is 12.3. The van der Waals surface area contributed by atoms with Crippen LogP contribution in [0.1, 0.15) is 22.1 Å². The van der Waals surface area contributed by atoms with Crippen molar-refractivity contribution in [3.8, 4) is 0 Å². The van der Waals surface area contributed by atoms with E-state index in [0.717, 1.165) is 20.6 Å². The number of nitrogens with one attached hydrogen (secondary N) is 1. The van der Waals surface area contributed by atoms with E-state index in [4.69, 9.17) is 0 Å². The predicted molar refractivity (Wildman–Crippen MR) is 76.9 cm³/mol. The lowest BCUT2D eigenvalue weighted by Gasteiger charge is -2.35. The highest BCUT2D eigenvalue weighted by atomic mass is 79.9. The summed E-state index contributed by atoms with van der Waals surface area (Å²) in [7, 11) is 1.82. The van der Waals surface area contributed by atoms with Gasteiger partial charge in [0.15, 0.2) is 0 Å². The Kier molecular flexibility index (Phi) is 2.87. The molecule has 1 aromatic heterocycles. The molecule has 1 N–H and O–H groups in total. The molecule has 92 valence electrons. The Hall–Kier alpha value is -1.33. The fourth-order valence-corrected chi connectivity index (χ4v) is 3.32. The van der Waals surface area contributed by atoms with Crippen molar-refractivity contribution in [3.05, 3.63) is 50.6 Å². The highest BCUT2D eigenvalue weighted by molar-refractivity contribution is 9.11. The third-order valence-corrected chi connectivity index (χ3v) is 4.58. The molecule has 2 heterocycles. The highest BCUT2D eigenvalue weighted by Gasteiger charge is 2.30. The molecule has 18 heavy (non-hydrogen) atoms. The van der Waals surface area contributed by atoms with Crippen molar-refractivity contribution in [1.29, 1.82) is 0 Å². The topological polar surface area (TPSA) is 32.3 Å². The number of nitrogens with zero attached hydrogens (tertiary/aromatic N) is 1. The normalized spacial score (nSPS) is 18.4. The lowest BCUT2D eigenvalue weighted by Crippen LogP contribution is -2.39. The number of anilines is 1. The van der Waals surface area contributed by atoms with E-state index in [-0.39, 0.29) is 12.1 Å². The number of benzene rings is 1. The largest absolute Gasteiger partial charge is 0.361 e. The Labute approximate surface area is 118 Å². The fraction of sp³-hybridized carbons (Fsp3) is 0.154. The van der Waals surface area contributed by atoms with Gasteiger partial charge in [0, 0.05) is 18.3 Å². The minimum atomic E-state index is -0.102. The summed E-state index contributed by atoms with van der Waals surface area (Å²) in [5.74, 6) is 0.0525. The summed E-state index contributed by atoms with van der Waals surface area (Å²) in [4.78, 5) is 14.0. The molecule has 1 aliphatic heterocycles. The molecule has 0 saturated heterocycles. The summed E-state index contributed by atoms with van der Waals surface area (Å²) in [5, 5.41) is 5.45. The average Bonchev–Trinajstić information content (AvgIpc) is 2.80. The van der Waals surface area contributed by atoms with Crippen LogP contribution in [0.5, 0.6) is 0 Å². The van der Waals surface area contributed by atoms with Crippen molar-refractivity contribution in [3.63, 3.8) is 0 Å². The molecular weight excluding hydrogens is 312 g/mol. The van der Waals surface area contributed by atoms with E-state index in [9.17, 15) is 4.79 Å². The number of carbonyl (C=O) groups is 1. The molecule has 1 aromatic carbocycles. The van der Waals surface area contributed by atoms with E-state index in [1.54, 1.807) is 16.2 Å². The molecule has 0 bridgehead atoms. The SMILES string of the molecule is CN1C(=O)c2ccccc2NC1c1csc(Br)c1. The summed E-state index contributed by atoms with van der Waals surface area (Å²) >= 11 is 5.07. The maximum Gasteiger partial charge on any atom is 0.257 e. The first-order valence-corrected chi connectivity index (χ1v) is 7.21. The van der Waals surface area contributed by atoms with Gasteiger partial charge < -0.3 is 10.2 Å². The molecule has 0 spiro atoms. The Morgan fingerprint density at radius 2 is 2.17 bits per heavy atom. The molecule has 1 atom stereocenters. The zero-order valence-corrected chi connectivity index (χ0v) is 12.1. The molecule has 3 rings (SSSR count).